The maximum atomic E-state index is 12.0. The van der Waals surface area contributed by atoms with Gasteiger partial charge in [-0.25, -0.2) is 9.59 Å². The highest BCUT2D eigenvalue weighted by atomic mass is 16.4. The van der Waals surface area contributed by atoms with Crippen LogP contribution < -0.4 is 10.6 Å². The van der Waals surface area contributed by atoms with E-state index in [0.29, 0.717) is 6.54 Å². The summed E-state index contributed by atoms with van der Waals surface area (Å²) >= 11 is 0. The van der Waals surface area contributed by atoms with E-state index in [-0.39, 0.29) is 13.0 Å². The van der Waals surface area contributed by atoms with E-state index in [1.165, 1.54) is 4.90 Å². The predicted octanol–water partition coefficient (Wildman–Crippen LogP) is -1.49. The van der Waals surface area contributed by atoms with Crippen LogP contribution in [0.5, 0.6) is 0 Å². The molecule has 0 aromatic rings. The monoisotopic (exact) mass is 300 g/mol. The summed E-state index contributed by atoms with van der Waals surface area (Å²) in [5, 5.41) is 24.6. The van der Waals surface area contributed by atoms with Crippen molar-refractivity contribution in [2.24, 2.45) is 0 Å². The highest BCUT2D eigenvalue weighted by Gasteiger charge is 2.38. The molecular weight excluding hydrogens is 276 g/mol. The lowest BCUT2D eigenvalue weighted by molar-refractivity contribution is -0.141. The van der Waals surface area contributed by atoms with Crippen LogP contribution >= 0.6 is 0 Å². The number of carboxylic acid groups (broad SMARTS) is 1. The average molecular weight is 300 g/mol. The minimum atomic E-state index is -1.07. The number of β-amino-alcohol motifs (C(OH)–C–C–N with tert-alkyl or cyclic N) is 1. The number of carbonyl (C=O) groups is 2. The third-order valence-electron chi connectivity index (χ3n) is 3.96. The number of aliphatic hydroxyl groups excluding tert-OH is 1. The number of urea groups is 1. The number of hydrogen-bond acceptors (Lipinski definition) is 5. The van der Waals surface area contributed by atoms with Crippen molar-refractivity contribution in [2.45, 2.75) is 25.0 Å². The number of carbonyl (C=O) groups excluding carboxylic acids is 1. The summed E-state index contributed by atoms with van der Waals surface area (Å²) in [5.74, 6) is -1.07. The molecule has 4 N–H and O–H groups in total. The van der Waals surface area contributed by atoms with Crippen molar-refractivity contribution in [3.63, 3.8) is 0 Å². The Balaban J connectivity index is 1.67. The van der Waals surface area contributed by atoms with Crippen LogP contribution in [0.2, 0.25) is 0 Å². The Labute approximate surface area is 124 Å². The number of aliphatic carboxylic acids is 1. The molecule has 2 saturated heterocycles. The first kappa shape index (κ1) is 16.0. The predicted molar refractivity (Wildman–Crippen MR) is 76.1 cm³/mol. The zero-order chi connectivity index (χ0) is 15.2. The van der Waals surface area contributed by atoms with E-state index < -0.39 is 24.1 Å². The fraction of sp³-hybridized carbons (Fsp3) is 0.846. The van der Waals surface area contributed by atoms with E-state index in [4.69, 9.17) is 5.11 Å². The number of amides is 2. The number of hydrogen-bond donors (Lipinski definition) is 4. The SMILES string of the molecule is O=C(O)[C@@H]1C[C@H](O)CN1C(=O)NCCCN1CCNCC1. The number of carboxylic acids is 1. The highest BCUT2D eigenvalue weighted by Crippen LogP contribution is 2.17. The second-order valence-corrected chi connectivity index (χ2v) is 5.57. The maximum Gasteiger partial charge on any atom is 0.326 e. The smallest absolute Gasteiger partial charge is 0.326 e. The van der Waals surface area contributed by atoms with Crippen LogP contribution in [0.25, 0.3) is 0 Å². The fourth-order valence-electron chi connectivity index (χ4n) is 2.81. The molecule has 0 aromatic heterocycles. The van der Waals surface area contributed by atoms with Crippen LogP contribution in [-0.2, 0) is 4.79 Å². The number of aliphatic hydroxyl groups is 1. The van der Waals surface area contributed by atoms with E-state index >= 15 is 0 Å². The van der Waals surface area contributed by atoms with Crippen LogP contribution in [0.4, 0.5) is 4.79 Å². The molecule has 0 unspecified atom stereocenters. The summed E-state index contributed by atoms with van der Waals surface area (Å²) in [6.45, 7) is 5.56. The van der Waals surface area contributed by atoms with Crippen LogP contribution in [0.1, 0.15) is 12.8 Å². The van der Waals surface area contributed by atoms with Gasteiger partial charge in [-0.15, -0.1) is 0 Å². The molecule has 2 aliphatic heterocycles. The number of likely N-dealkylation sites (tertiary alicyclic amines) is 1. The van der Waals surface area contributed by atoms with Gasteiger partial charge >= 0.3 is 12.0 Å². The summed E-state index contributed by atoms with van der Waals surface area (Å²) in [6, 6.07) is -1.33. The molecule has 0 aromatic carbocycles. The van der Waals surface area contributed by atoms with Crippen molar-refractivity contribution < 1.29 is 19.8 Å². The van der Waals surface area contributed by atoms with E-state index in [0.717, 1.165) is 39.1 Å². The fourth-order valence-corrected chi connectivity index (χ4v) is 2.81. The molecule has 8 heteroatoms. The van der Waals surface area contributed by atoms with Gasteiger partial charge in [0.15, 0.2) is 0 Å². The minimum Gasteiger partial charge on any atom is -0.480 e. The molecule has 21 heavy (non-hydrogen) atoms. The van der Waals surface area contributed by atoms with E-state index in [2.05, 4.69) is 15.5 Å². The largest absolute Gasteiger partial charge is 0.480 e. The third kappa shape index (κ3) is 4.55. The molecule has 0 aliphatic carbocycles. The van der Waals surface area contributed by atoms with Crippen molar-refractivity contribution in [1.82, 2.24) is 20.4 Å². The number of nitrogens with one attached hydrogen (secondary N) is 2. The van der Waals surface area contributed by atoms with Gasteiger partial charge in [-0.3, -0.25) is 0 Å². The zero-order valence-electron chi connectivity index (χ0n) is 12.1. The molecule has 0 saturated carbocycles. The Morgan fingerprint density at radius 1 is 1.29 bits per heavy atom. The maximum absolute atomic E-state index is 12.0. The van der Waals surface area contributed by atoms with Crippen molar-refractivity contribution in [3.05, 3.63) is 0 Å². The van der Waals surface area contributed by atoms with Gasteiger partial charge < -0.3 is 30.6 Å². The minimum absolute atomic E-state index is 0.0839. The number of piperazine rings is 1. The average Bonchev–Trinajstić information content (AvgIpc) is 2.87. The lowest BCUT2D eigenvalue weighted by atomic mass is 10.2. The van der Waals surface area contributed by atoms with Gasteiger partial charge in [0, 0.05) is 45.7 Å². The molecule has 2 atom stereocenters. The van der Waals surface area contributed by atoms with Gasteiger partial charge in [0.1, 0.15) is 6.04 Å². The van der Waals surface area contributed by atoms with Gasteiger partial charge in [0.25, 0.3) is 0 Å². The van der Waals surface area contributed by atoms with Gasteiger partial charge in [0.05, 0.1) is 6.10 Å². The van der Waals surface area contributed by atoms with Gasteiger partial charge in [-0.1, -0.05) is 0 Å². The van der Waals surface area contributed by atoms with Crippen molar-refractivity contribution in [2.75, 3.05) is 45.8 Å². The lowest BCUT2D eigenvalue weighted by Gasteiger charge is -2.27. The summed E-state index contributed by atoms with van der Waals surface area (Å²) in [5.41, 5.74) is 0. The first-order valence-electron chi connectivity index (χ1n) is 7.46. The molecule has 0 radical (unpaired) electrons. The number of nitrogens with zero attached hydrogens (tertiary/aromatic N) is 2. The molecule has 2 rings (SSSR count). The summed E-state index contributed by atoms with van der Waals surface area (Å²) in [6.07, 6.45) is 0.182. The topological polar surface area (TPSA) is 105 Å². The Bertz CT molecular complexity index is 373. The Hall–Kier alpha value is -1.38. The van der Waals surface area contributed by atoms with Crippen LogP contribution in [0, 0.1) is 0 Å². The zero-order valence-corrected chi connectivity index (χ0v) is 12.1. The normalized spacial score (nSPS) is 26.8. The third-order valence-corrected chi connectivity index (χ3v) is 3.96. The van der Waals surface area contributed by atoms with Gasteiger partial charge in [-0.2, -0.15) is 0 Å². The lowest BCUT2D eigenvalue weighted by Crippen LogP contribution is -2.47. The van der Waals surface area contributed by atoms with Gasteiger partial charge in [-0.05, 0) is 13.0 Å². The highest BCUT2D eigenvalue weighted by molar-refractivity contribution is 5.83. The summed E-state index contributed by atoms with van der Waals surface area (Å²) in [4.78, 5) is 26.6. The molecular formula is C13H24N4O4. The molecule has 0 bridgehead atoms. The van der Waals surface area contributed by atoms with E-state index in [9.17, 15) is 14.7 Å². The Morgan fingerprint density at radius 3 is 2.67 bits per heavy atom. The molecule has 0 spiro atoms. The van der Waals surface area contributed by atoms with E-state index in [1.807, 2.05) is 0 Å². The standard InChI is InChI=1S/C13H24N4O4/c18-10-8-11(12(19)20)17(9-10)13(21)15-2-1-5-16-6-3-14-4-7-16/h10-11,14,18H,1-9H2,(H,15,21)(H,19,20)/t10-,11-/m0/s1. The Kier molecular flexibility index (Phi) is 5.77. The molecule has 8 nitrogen and oxygen atoms in total. The van der Waals surface area contributed by atoms with Crippen molar-refractivity contribution in [1.29, 1.82) is 0 Å². The molecule has 2 fully saturated rings. The molecule has 120 valence electrons. The van der Waals surface area contributed by atoms with Crippen LogP contribution in [-0.4, -0.2) is 90.0 Å². The summed E-state index contributed by atoms with van der Waals surface area (Å²) in [7, 11) is 0. The molecule has 2 heterocycles. The second-order valence-electron chi connectivity index (χ2n) is 5.57. The first-order valence-corrected chi connectivity index (χ1v) is 7.46. The first-order chi connectivity index (χ1) is 10.1. The van der Waals surface area contributed by atoms with E-state index in [1.54, 1.807) is 0 Å². The van der Waals surface area contributed by atoms with Gasteiger partial charge in [0.2, 0.25) is 0 Å². The summed E-state index contributed by atoms with van der Waals surface area (Å²) < 4.78 is 0. The number of rotatable bonds is 5. The second kappa shape index (κ2) is 7.58. The Morgan fingerprint density at radius 2 is 2.00 bits per heavy atom. The molecule has 2 aliphatic rings. The quantitative estimate of drug-likeness (QED) is 0.461. The van der Waals surface area contributed by atoms with Crippen molar-refractivity contribution >= 4 is 12.0 Å². The van der Waals surface area contributed by atoms with Crippen molar-refractivity contribution in [3.8, 4) is 0 Å². The molecule has 2 amide bonds. The van der Waals surface area contributed by atoms with Crippen LogP contribution in [0.15, 0.2) is 0 Å². The van der Waals surface area contributed by atoms with Crippen LogP contribution in [0.3, 0.4) is 0 Å².